The van der Waals surface area contributed by atoms with E-state index >= 15 is 0 Å². The maximum atomic E-state index is 9.48. The molecule has 9 heteroatoms. The Balaban J connectivity index is 0.000000222. The molecule has 0 aliphatic heterocycles. The lowest BCUT2D eigenvalue weighted by Gasteiger charge is -2.23. The molecule has 1 aliphatic rings. The Morgan fingerprint density at radius 2 is 1.19 bits per heavy atom. The molecule has 4 rings (SSSR count). The van der Waals surface area contributed by atoms with Crippen LogP contribution >= 0.6 is 48.3 Å². The summed E-state index contributed by atoms with van der Waals surface area (Å²) in [6, 6.07) is 32.0. The zero-order valence-corrected chi connectivity index (χ0v) is 25.3. The second-order valence-corrected chi connectivity index (χ2v) is 19.0. The Morgan fingerprint density at radius 1 is 0.757 bits per heavy atom. The second kappa shape index (κ2) is 18.7. The number of hydrogen-bond acceptors (Lipinski definition) is 7. The highest BCUT2D eigenvalue weighted by molar-refractivity contribution is 9.12. The summed E-state index contributed by atoms with van der Waals surface area (Å²) in [6.07, 6.45) is 5.85. The summed E-state index contributed by atoms with van der Waals surface area (Å²) in [6.45, 7) is 2.29. The van der Waals surface area contributed by atoms with Gasteiger partial charge in [0.1, 0.15) is 0 Å². The number of aliphatic hydroxyl groups is 1. The third-order valence-electron chi connectivity index (χ3n) is 5.34. The minimum Gasteiger partial charge on any atom is -0.396 e. The number of benzene rings is 3. The largest absolute Gasteiger partial charge is 0.396 e. The van der Waals surface area contributed by atoms with Crippen molar-refractivity contribution in [3.8, 4) is 0 Å². The SMILES string of the molecule is CC(CO)COP(O)OC1CCCCC1.c1ccc(SP(Sc2ccccc2)Sc2ccccc2)cc1. The van der Waals surface area contributed by atoms with E-state index in [0.29, 0.717) is 6.61 Å². The van der Waals surface area contributed by atoms with E-state index < -0.39 is 8.60 Å². The Labute approximate surface area is 236 Å². The molecule has 0 saturated heterocycles. The minimum absolute atomic E-state index is 0.0529. The van der Waals surface area contributed by atoms with Gasteiger partial charge in [0, 0.05) is 27.2 Å². The highest BCUT2D eigenvalue weighted by atomic mass is 33.4. The van der Waals surface area contributed by atoms with Gasteiger partial charge in [0.05, 0.1) is 18.2 Å². The summed E-state index contributed by atoms with van der Waals surface area (Å²) >= 11 is 5.91. The van der Waals surface area contributed by atoms with Gasteiger partial charge in [0.15, 0.2) is 0 Å². The van der Waals surface area contributed by atoms with Crippen LogP contribution in [-0.2, 0) is 9.05 Å². The molecule has 1 aliphatic carbocycles. The van der Waals surface area contributed by atoms with Crippen molar-refractivity contribution in [2.24, 2.45) is 5.92 Å². The van der Waals surface area contributed by atoms with Crippen molar-refractivity contribution in [3.05, 3.63) is 91.0 Å². The summed E-state index contributed by atoms with van der Waals surface area (Å²) in [4.78, 5) is 13.5. The van der Waals surface area contributed by atoms with Gasteiger partial charge in [-0.1, -0.05) is 115 Å². The molecule has 0 amide bonds. The fourth-order valence-electron chi connectivity index (χ4n) is 3.33. The lowest BCUT2D eigenvalue weighted by atomic mass is 9.98. The van der Waals surface area contributed by atoms with Crippen LogP contribution in [0, 0.1) is 5.92 Å². The first-order valence-electron chi connectivity index (χ1n) is 12.5. The molecule has 3 aromatic rings. The van der Waals surface area contributed by atoms with Gasteiger partial charge in [-0.25, -0.2) is 0 Å². The molecule has 0 radical (unpaired) electrons. The van der Waals surface area contributed by atoms with E-state index in [9.17, 15) is 4.89 Å². The monoisotopic (exact) mass is 594 g/mol. The smallest absolute Gasteiger partial charge is 0.330 e. The maximum absolute atomic E-state index is 9.48. The fourth-order valence-corrected chi connectivity index (χ4v) is 14.3. The van der Waals surface area contributed by atoms with Gasteiger partial charge in [-0.2, -0.15) is 0 Å². The van der Waals surface area contributed by atoms with Crippen LogP contribution in [0.1, 0.15) is 39.0 Å². The summed E-state index contributed by atoms with van der Waals surface area (Å²) < 4.78 is 10.5. The third kappa shape index (κ3) is 13.4. The molecule has 2 unspecified atom stereocenters. The van der Waals surface area contributed by atoms with Gasteiger partial charge in [0.25, 0.3) is 0 Å². The maximum Gasteiger partial charge on any atom is 0.330 e. The highest BCUT2D eigenvalue weighted by Gasteiger charge is 2.19. The lowest BCUT2D eigenvalue weighted by molar-refractivity contribution is 0.0987. The Bertz CT molecular complexity index is 868. The van der Waals surface area contributed by atoms with Crippen LogP contribution < -0.4 is 0 Å². The number of aliphatic hydroxyl groups excluding tert-OH is 1. The molecular weight excluding hydrogens is 558 g/mol. The zero-order chi connectivity index (χ0) is 26.1. The van der Waals surface area contributed by atoms with Crippen molar-refractivity contribution in [2.75, 3.05) is 13.2 Å². The molecule has 200 valence electrons. The molecule has 2 atom stereocenters. The van der Waals surface area contributed by atoms with Crippen LogP contribution in [0.25, 0.3) is 0 Å². The topological polar surface area (TPSA) is 58.9 Å². The van der Waals surface area contributed by atoms with Crippen LogP contribution in [0.4, 0.5) is 0 Å². The van der Waals surface area contributed by atoms with Crippen LogP contribution in [0.3, 0.4) is 0 Å². The molecule has 2 N–H and O–H groups in total. The molecule has 3 aromatic carbocycles. The number of hydrogen-bond donors (Lipinski definition) is 2. The molecule has 0 aromatic heterocycles. The summed E-state index contributed by atoms with van der Waals surface area (Å²) in [5.41, 5.74) is -0.340. The number of rotatable bonds is 12. The van der Waals surface area contributed by atoms with Crippen molar-refractivity contribution in [1.29, 1.82) is 0 Å². The van der Waals surface area contributed by atoms with Crippen molar-refractivity contribution in [1.82, 2.24) is 0 Å². The minimum atomic E-state index is -1.75. The average Bonchev–Trinajstić information content (AvgIpc) is 2.94. The molecule has 0 spiro atoms. The van der Waals surface area contributed by atoms with Crippen molar-refractivity contribution in [3.63, 3.8) is 0 Å². The van der Waals surface area contributed by atoms with E-state index in [1.165, 1.54) is 33.9 Å². The molecule has 1 saturated carbocycles. The Morgan fingerprint density at radius 3 is 1.59 bits per heavy atom. The van der Waals surface area contributed by atoms with Crippen LogP contribution in [0.5, 0.6) is 0 Å². The predicted octanol–water partition coefficient (Wildman–Crippen LogP) is 9.79. The van der Waals surface area contributed by atoms with Crippen LogP contribution in [0.15, 0.2) is 106 Å². The molecule has 4 nitrogen and oxygen atoms in total. The van der Waals surface area contributed by atoms with E-state index in [4.69, 9.17) is 14.2 Å². The normalized spacial score (nSPS) is 15.6. The van der Waals surface area contributed by atoms with Gasteiger partial charge >= 0.3 is 8.60 Å². The molecular formula is C28H36O4P2S3. The van der Waals surface area contributed by atoms with Gasteiger partial charge in [-0.3, -0.25) is 0 Å². The van der Waals surface area contributed by atoms with Crippen molar-refractivity contribution in [2.45, 2.75) is 59.8 Å². The first kappa shape index (κ1) is 30.9. The summed E-state index contributed by atoms with van der Waals surface area (Å²) in [5.74, 6) is 0.0529. The first-order valence-corrected chi connectivity index (χ1v) is 19.2. The summed E-state index contributed by atoms with van der Waals surface area (Å²) in [7, 11) is -1.75. The highest BCUT2D eigenvalue weighted by Crippen LogP contribution is 2.75. The van der Waals surface area contributed by atoms with Gasteiger partial charge in [-0.15, -0.1) is 0 Å². The molecule has 1 fully saturated rings. The summed E-state index contributed by atoms with van der Waals surface area (Å²) in [5, 5.41) is 8.77. The lowest BCUT2D eigenvalue weighted by Crippen LogP contribution is -2.15. The van der Waals surface area contributed by atoms with E-state index in [-0.39, 0.29) is 24.2 Å². The second-order valence-electron chi connectivity index (χ2n) is 8.62. The third-order valence-corrected chi connectivity index (χ3v) is 15.4. The standard InChI is InChI=1S/C18H15PS3.C10H21O4P/c1-4-10-16(11-5-1)20-19(21-17-12-6-2-7-13-17)22-18-14-8-3-9-15-18;1-9(7-11)8-13-15(12)14-10-5-3-2-4-6-10/h1-15H;9-12H,2-8H2,1H3. The zero-order valence-electron chi connectivity index (χ0n) is 21.1. The van der Waals surface area contributed by atoms with Crippen LogP contribution in [-0.4, -0.2) is 29.3 Å². The average molecular weight is 595 g/mol. The van der Waals surface area contributed by atoms with E-state index in [1.54, 1.807) is 0 Å². The Hall–Kier alpha value is -0.590. The quantitative estimate of drug-likeness (QED) is 0.202. The fraction of sp³-hybridized carbons (Fsp3) is 0.357. The van der Waals surface area contributed by atoms with E-state index in [0.717, 1.165) is 12.8 Å². The van der Waals surface area contributed by atoms with Crippen molar-refractivity contribution >= 4 is 48.3 Å². The van der Waals surface area contributed by atoms with Gasteiger partial charge < -0.3 is 19.0 Å². The molecule has 37 heavy (non-hydrogen) atoms. The first-order chi connectivity index (χ1) is 18.1. The Kier molecular flexibility index (Phi) is 15.6. The molecule has 0 bridgehead atoms. The van der Waals surface area contributed by atoms with Gasteiger partial charge in [0.2, 0.25) is 0 Å². The predicted molar refractivity (Wildman–Crippen MR) is 163 cm³/mol. The molecule has 0 heterocycles. The van der Waals surface area contributed by atoms with E-state index in [2.05, 4.69) is 91.0 Å². The van der Waals surface area contributed by atoms with Crippen molar-refractivity contribution < 1.29 is 19.0 Å². The van der Waals surface area contributed by atoms with Gasteiger partial charge in [-0.05, 0) is 49.2 Å². The van der Waals surface area contributed by atoms with E-state index in [1.807, 2.05) is 41.1 Å². The van der Waals surface area contributed by atoms with Crippen LogP contribution in [0.2, 0.25) is 0 Å².